The smallest absolute Gasteiger partial charge is 0.298 e. The molecule has 8 heteroatoms. The molecule has 4 rings (SSSR count). The number of thioether (sulfide) groups is 1. The van der Waals surface area contributed by atoms with Crippen LogP contribution in [0.4, 0.5) is 14.9 Å². The third-order valence-electron chi connectivity index (χ3n) is 4.71. The Morgan fingerprint density at radius 1 is 1.03 bits per heavy atom. The molecule has 0 N–H and O–H groups in total. The first-order valence-corrected chi connectivity index (χ1v) is 10.7. The van der Waals surface area contributed by atoms with Gasteiger partial charge in [-0.1, -0.05) is 48.0 Å². The molecule has 5 nitrogen and oxygen atoms in total. The first-order chi connectivity index (χ1) is 15.5. The number of carbonyl (C=O) groups excluding carboxylic acids is 2. The largest absolute Gasteiger partial charge is 0.493 e. The van der Waals surface area contributed by atoms with Crippen LogP contribution in [0.2, 0.25) is 5.02 Å². The van der Waals surface area contributed by atoms with Gasteiger partial charge < -0.3 is 9.47 Å². The number of halogens is 2. The molecule has 0 aliphatic carbocycles. The van der Waals surface area contributed by atoms with E-state index < -0.39 is 17.0 Å². The number of anilines is 1. The van der Waals surface area contributed by atoms with Crippen molar-refractivity contribution in [3.05, 3.63) is 93.6 Å². The van der Waals surface area contributed by atoms with Crippen molar-refractivity contribution < 1.29 is 23.5 Å². The van der Waals surface area contributed by atoms with Crippen molar-refractivity contribution in [3.8, 4) is 11.5 Å². The molecule has 0 atom stereocenters. The van der Waals surface area contributed by atoms with E-state index in [1.165, 1.54) is 25.3 Å². The summed E-state index contributed by atoms with van der Waals surface area (Å²) in [6, 6.07) is 18.2. The number of hydrogen-bond acceptors (Lipinski definition) is 5. The van der Waals surface area contributed by atoms with Gasteiger partial charge in [0, 0.05) is 10.6 Å². The van der Waals surface area contributed by atoms with Crippen LogP contribution in [0.15, 0.2) is 71.6 Å². The lowest BCUT2D eigenvalue weighted by molar-refractivity contribution is -0.113. The molecular formula is C24H17ClFNO4S. The number of hydrogen-bond donors (Lipinski definition) is 0. The zero-order chi connectivity index (χ0) is 22.7. The van der Waals surface area contributed by atoms with Crippen molar-refractivity contribution in [1.29, 1.82) is 0 Å². The van der Waals surface area contributed by atoms with E-state index in [9.17, 15) is 14.0 Å². The van der Waals surface area contributed by atoms with Crippen LogP contribution in [0, 0.1) is 5.82 Å². The summed E-state index contributed by atoms with van der Waals surface area (Å²) in [7, 11) is 1.51. The summed E-state index contributed by atoms with van der Waals surface area (Å²) in [4.78, 5) is 26.2. The standard InChI is InChI=1S/C24H17ClFNO4S/c1-30-21-12-15(10-11-20(21)31-14-16-6-2-3-7-17(16)25)13-22-23(28)27(24(29)32-22)19-9-5-4-8-18(19)26/h2-13H,14H2,1H3/b22-13-. The van der Waals surface area contributed by atoms with Crippen molar-refractivity contribution in [3.63, 3.8) is 0 Å². The first-order valence-electron chi connectivity index (χ1n) is 9.54. The van der Waals surface area contributed by atoms with Crippen LogP contribution in [-0.2, 0) is 11.4 Å². The second kappa shape index (κ2) is 9.46. The highest BCUT2D eigenvalue weighted by molar-refractivity contribution is 8.19. The Morgan fingerprint density at radius 3 is 2.53 bits per heavy atom. The maximum absolute atomic E-state index is 14.1. The van der Waals surface area contributed by atoms with Crippen LogP contribution >= 0.6 is 23.4 Å². The predicted molar refractivity (Wildman–Crippen MR) is 124 cm³/mol. The van der Waals surface area contributed by atoms with Gasteiger partial charge >= 0.3 is 0 Å². The fourth-order valence-electron chi connectivity index (χ4n) is 3.12. The molecule has 32 heavy (non-hydrogen) atoms. The van der Waals surface area contributed by atoms with Gasteiger partial charge in [0.2, 0.25) is 0 Å². The monoisotopic (exact) mass is 469 g/mol. The molecule has 2 amide bonds. The van der Waals surface area contributed by atoms with E-state index in [-0.39, 0.29) is 17.2 Å². The molecule has 1 fully saturated rings. The number of para-hydroxylation sites is 1. The summed E-state index contributed by atoms with van der Waals surface area (Å²) in [6.45, 7) is 0.261. The Bertz CT molecular complexity index is 1230. The van der Waals surface area contributed by atoms with Crippen LogP contribution in [0.5, 0.6) is 11.5 Å². The van der Waals surface area contributed by atoms with E-state index in [4.69, 9.17) is 21.1 Å². The van der Waals surface area contributed by atoms with Crippen LogP contribution in [-0.4, -0.2) is 18.3 Å². The van der Waals surface area contributed by atoms with Gasteiger partial charge in [-0.15, -0.1) is 0 Å². The average Bonchev–Trinajstić information content (AvgIpc) is 3.06. The quantitative estimate of drug-likeness (QED) is 0.396. The lowest BCUT2D eigenvalue weighted by Crippen LogP contribution is -2.28. The van der Waals surface area contributed by atoms with E-state index in [0.717, 1.165) is 22.2 Å². The fourth-order valence-corrected chi connectivity index (χ4v) is 4.15. The molecule has 1 aliphatic rings. The van der Waals surface area contributed by atoms with Gasteiger partial charge in [0.05, 0.1) is 17.7 Å². The van der Waals surface area contributed by atoms with Crippen molar-refractivity contribution in [2.75, 3.05) is 12.0 Å². The third-order valence-corrected chi connectivity index (χ3v) is 5.95. The zero-order valence-corrected chi connectivity index (χ0v) is 18.5. The van der Waals surface area contributed by atoms with Crippen LogP contribution in [0.25, 0.3) is 6.08 Å². The second-order valence-corrected chi connectivity index (χ2v) is 8.16. The third kappa shape index (κ3) is 4.49. The number of carbonyl (C=O) groups is 2. The van der Waals surface area contributed by atoms with Crippen LogP contribution in [0.1, 0.15) is 11.1 Å². The minimum Gasteiger partial charge on any atom is -0.493 e. The number of benzene rings is 3. The van der Waals surface area contributed by atoms with E-state index in [1.807, 2.05) is 18.2 Å². The fraction of sp³-hybridized carbons (Fsp3) is 0.0833. The van der Waals surface area contributed by atoms with Crippen LogP contribution < -0.4 is 14.4 Å². The highest BCUT2D eigenvalue weighted by Gasteiger charge is 2.37. The van der Waals surface area contributed by atoms with E-state index in [0.29, 0.717) is 22.1 Å². The molecular weight excluding hydrogens is 453 g/mol. The van der Waals surface area contributed by atoms with Crippen LogP contribution in [0.3, 0.4) is 0 Å². The summed E-state index contributed by atoms with van der Waals surface area (Å²) in [5.74, 6) is -0.260. The molecule has 3 aromatic rings. The maximum atomic E-state index is 14.1. The topological polar surface area (TPSA) is 55.8 Å². The lowest BCUT2D eigenvalue weighted by Gasteiger charge is -2.13. The van der Waals surface area contributed by atoms with Gasteiger partial charge in [-0.25, -0.2) is 9.29 Å². The van der Waals surface area contributed by atoms with Gasteiger partial charge in [0.15, 0.2) is 11.5 Å². The second-order valence-electron chi connectivity index (χ2n) is 6.76. The van der Waals surface area contributed by atoms with Crippen molar-refractivity contribution in [1.82, 2.24) is 0 Å². The van der Waals surface area contributed by atoms with E-state index >= 15 is 0 Å². The van der Waals surface area contributed by atoms with Gasteiger partial charge in [-0.3, -0.25) is 9.59 Å². The van der Waals surface area contributed by atoms with E-state index in [2.05, 4.69) is 0 Å². The highest BCUT2D eigenvalue weighted by Crippen LogP contribution is 2.38. The van der Waals surface area contributed by atoms with Gasteiger partial charge in [0.1, 0.15) is 12.4 Å². The molecule has 0 bridgehead atoms. The normalized spacial score (nSPS) is 14.8. The molecule has 1 aliphatic heterocycles. The summed E-state index contributed by atoms with van der Waals surface area (Å²) >= 11 is 6.92. The molecule has 0 unspecified atom stereocenters. The molecule has 0 saturated carbocycles. The minimum absolute atomic E-state index is 0.0701. The Morgan fingerprint density at radius 2 is 1.78 bits per heavy atom. The average molecular weight is 470 g/mol. The van der Waals surface area contributed by atoms with Crippen molar-refractivity contribution >= 4 is 46.3 Å². The van der Waals surface area contributed by atoms with Gasteiger partial charge in [0.25, 0.3) is 11.1 Å². The lowest BCUT2D eigenvalue weighted by atomic mass is 10.1. The van der Waals surface area contributed by atoms with E-state index in [1.54, 1.807) is 36.4 Å². The molecule has 1 saturated heterocycles. The molecule has 0 aromatic heterocycles. The highest BCUT2D eigenvalue weighted by atomic mass is 35.5. The Hall–Kier alpha value is -3.29. The SMILES string of the molecule is COc1cc(/C=C2\SC(=O)N(c3ccccc3F)C2=O)ccc1OCc1ccccc1Cl. The van der Waals surface area contributed by atoms with Gasteiger partial charge in [-0.2, -0.15) is 0 Å². The first kappa shape index (κ1) is 21.9. The number of imide groups is 1. The molecule has 1 heterocycles. The summed E-state index contributed by atoms with van der Waals surface area (Å²) < 4.78 is 25.3. The predicted octanol–water partition coefficient (Wildman–Crippen LogP) is 6.31. The summed E-state index contributed by atoms with van der Waals surface area (Å²) in [6.07, 6.45) is 1.56. The molecule has 0 radical (unpaired) electrons. The number of rotatable bonds is 6. The maximum Gasteiger partial charge on any atom is 0.298 e. The van der Waals surface area contributed by atoms with Crippen molar-refractivity contribution in [2.45, 2.75) is 6.61 Å². The Kier molecular flexibility index (Phi) is 6.48. The molecule has 3 aromatic carbocycles. The summed E-state index contributed by atoms with van der Waals surface area (Å²) in [5.41, 5.74) is 1.40. The van der Waals surface area contributed by atoms with Gasteiger partial charge in [-0.05, 0) is 53.7 Å². The minimum atomic E-state index is -0.641. The number of methoxy groups -OCH3 is 1. The summed E-state index contributed by atoms with van der Waals surface area (Å²) in [5, 5.41) is 0.0478. The molecule has 162 valence electrons. The molecule has 0 spiro atoms. The number of amides is 2. The van der Waals surface area contributed by atoms with Crippen molar-refractivity contribution in [2.24, 2.45) is 0 Å². The zero-order valence-electron chi connectivity index (χ0n) is 16.9. The number of ether oxygens (including phenoxy) is 2. The Balaban J connectivity index is 1.55. The Labute approximate surface area is 193 Å². The number of nitrogens with zero attached hydrogens (tertiary/aromatic N) is 1.